The van der Waals surface area contributed by atoms with Crippen LogP contribution in [0.4, 0.5) is 4.39 Å². The third-order valence-electron chi connectivity index (χ3n) is 2.90. The van der Waals surface area contributed by atoms with Crippen LogP contribution in [0.25, 0.3) is 0 Å². The van der Waals surface area contributed by atoms with Gasteiger partial charge in [0.15, 0.2) is 11.6 Å². The standard InChI is InChI=1S/C15H11BrClFO/c1-2-9-3-5-10(6-4-9)15(19)11-7-8-12(16)13(17)14(11)18/h3-8H,2H2,1H3. The van der Waals surface area contributed by atoms with Crippen LogP contribution >= 0.6 is 27.5 Å². The van der Waals surface area contributed by atoms with E-state index in [2.05, 4.69) is 15.9 Å². The lowest BCUT2D eigenvalue weighted by atomic mass is 10.0. The molecule has 0 amide bonds. The summed E-state index contributed by atoms with van der Waals surface area (Å²) in [5, 5.41) is -0.0731. The van der Waals surface area contributed by atoms with Crippen LogP contribution in [0, 0.1) is 5.82 Å². The Hall–Kier alpha value is -1.19. The van der Waals surface area contributed by atoms with E-state index in [0.717, 1.165) is 12.0 Å². The number of rotatable bonds is 3. The van der Waals surface area contributed by atoms with E-state index in [9.17, 15) is 9.18 Å². The number of carbonyl (C=O) groups is 1. The Morgan fingerprint density at radius 1 is 1.21 bits per heavy atom. The zero-order valence-electron chi connectivity index (χ0n) is 10.2. The molecule has 0 atom stereocenters. The van der Waals surface area contributed by atoms with E-state index in [0.29, 0.717) is 10.0 Å². The molecule has 0 aliphatic heterocycles. The highest BCUT2D eigenvalue weighted by Crippen LogP contribution is 2.28. The smallest absolute Gasteiger partial charge is 0.196 e. The zero-order valence-corrected chi connectivity index (χ0v) is 12.6. The molecule has 0 unspecified atom stereocenters. The molecule has 0 N–H and O–H groups in total. The predicted octanol–water partition coefficient (Wildman–Crippen LogP) is 5.04. The van der Waals surface area contributed by atoms with Gasteiger partial charge in [0.05, 0.1) is 10.6 Å². The molecule has 19 heavy (non-hydrogen) atoms. The van der Waals surface area contributed by atoms with Crippen LogP contribution in [-0.4, -0.2) is 5.78 Å². The highest BCUT2D eigenvalue weighted by Gasteiger charge is 2.17. The third kappa shape index (κ3) is 2.88. The van der Waals surface area contributed by atoms with E-state index in [1.54, 1.807) is 18.2 Å². The lowest BCUT2D eigenvalue weighted by Gasteiger charge is -2.06. The Morgan fingerprint density at radius 2 is 1.84 bits per heavy atom. The monoisotopic (exact) mass is 340 g/mol. The summed E-state index contributed by atoms with van der Waals surface area (Å²) in [5.41, 5.74) is 1.57. The van der Waals surface area contributed by atoms with E-state index >= 15 is 0 Å². The molecule has 0 aromatic heterocycles. The van der Waals surface area contributed by atoms with Crippen LogP contribution < -0.4 is 0 Å². The summed E-state index contributed by atoms with van der Waals surface area (Å²) in [6, 6.07) is 10.1. The number of benzene rings is 2. The molecule has 4 heteroatoms. The largest absolute Gasteiger partial charge is 0.288 e. The fourth-order valence-electron chi connectivity index (χ4n) is 1.75. The first-order valence-electron chi connectivity index (χ1n) is 5.81. The number of aryl methyl sites for hydroxylation is 1. The summed E-state index contributed by atoms with van der Waals surface area (Å²) in [4.78, 5) is 12.2. The molecular formula is C15H11BrClFO. The summed E-state index contributed by atoms with van der Waals surface area (Å²) in [6.45, 7) is 2.03. The molecule has 2 aromatic carbocycles. The van der Waals surface area contributed by atoms with Gasteiger partial charge in [-0.2, -0.15) is 0 Å². The second-order valence-electron chi connectivity index (χ2n) is 4.10. The number of halogens is 3. The summed E-state index contributed by atoms with van der Waals surface area (Å²) < 4.78 is 14.4. The highest BCUT2D eigenvalue weighted by molar-refractivity contribution is 9.10. The number of hydrogen-bond donors (Lipinski definition) is 0. The Labute approximate surface area is 124 Å². The van der Waals surface area contributed by atoms with E-state index < -0.39 is 5.82 Å². The Bertz CT molecular complexity index is 623. The highest BCUT2D eigenvalue weighted by atomic mass is 79.9. The Kier molecular flexibility index (Phi) is 4.38. The van der Waals surface area contributed by atoms with Crippen molar-refractivity contribution in [3.8, 4) is 0 Å². The minimum absolute atomic E-state index is 0.0163. The van der Waals surface area contributed by atoms with Crippen molar-refractivity contribution < 1.29 is 9.18 Å². The summed E-state index contributed by atoms with van der Waals surface area (Å²) in [6.07, 6.45) is 0.896. The van der Waals surface area contributed by atoms with Gasteiger partial charge in [0.25, 0.3) is 0 Å². The molecule has 0 saturated carbocycles. The van der Waals surface area contributed by atoms with Crippen LogP contribution in [-0.2, 0) is 6.42 Å². The van der Waals surface area contributed by atoms with Crippen molar-refractivity contribution in [1.82, 2.24) is 0 Å². The SMILES string of the molecule is CCc1ccc(C(=O)c2ccc(Br)c(Cl)c2F)cc1. The van der Waals surface area contributed by atoms with E-state index in [1.807, 2.05) is 19.1 Å². The number of hydrogen-bond acceptors (Lipinski definition) is 1. The fraction of sp³-hybridized carbons (Fsp3) is 0.133. The lowest BCUT2D eigenvalue weighted by molar-refractivity contribution is 0.103. The molecule has 0 aliphatic rings. The molecule has 1 nitrogen and oxygen atoms in total. The van der Waals surface area contributed by atoms with Gasteiger partial charge in [0.2, 0.25) is 0 Å². The molecule has 0 saturated heterocycles. The van der Waals surface area contributed by atoms with Crippen LogP contribution in [0.1, 0.15) is 28.4 Å². The van der Waals surface area contributed by atoms with E-state index in [1.165, 1.54) is 6.07 Å². The maximum atomic E-state index is 14.0. The van der Waals surface area contributed by atoms with Gasteiger partial charge in [0, 0.05) is 10.0 Å². The van der Waals surface area contributed by atoms with Crippen LogP contribution in [0.15, 0.2) is 40.9 Å². The minimum atomic E-state index is -0.694. The molecule has 0 radical (unpaired) electrons. The van der Waals surface area contributed by atoms with Gasteiger partial charge in [-0.05, 0) is 40.0 Å². The Morgan fingerprint density at radius 3 is 2.42 bits per heavy atom. The van der Waals surface area contributed by atoms with Gasteiger partial charge in [-0.15, -0.1) is 0 Å². The first-order valence-corrected chi connectivity index (χ1v) is 6.98. The van der Waals surface area contributed by atoms with Gasteiger partial charge < -0.3 is 0 Å². The zero-order chi connectivity index (χ0) is 14.0. The second-order valence-corrected chi connectivity index (χ2v) is 5.33. The molecule has 0 spiro atoms. The first-order chi connectivity index (χ1) is 9.04. The van der Waals surface area contributed by atoms with Gasteiger partial charge >= 0.3 is 0 Å². The molecule has 2 aromatic rings. The van der Waals surface area contributed by atoms with Gasteiger partial charge in [-0.3, -0.25) is 4.79 Å². The molecule has 0 bridgehead atoms. The Balaban J connectivity index is 2.41. The fourth-order valence-corrected chi connectivity index (χ4v) is 2.22. The summed E-state index contributed by atoms with van der Waals surface area (Å²) >= 11 is 8.91. The van der Waals surface area contributed by atoms with Crippen LogP contribution in [0.3, 0.4) is 0 Å². The maximum absolute atomic E-state index is 14.0. The number of ketones is 1. The van der Waals surface area contributed by atoms with Crippen molar-refractivity contribution in [2.24, 2.45) is 0 Å². The molecule has 0 heterocycles. The average molecular weight is 342 g/mol. The van der Waals surface area contributed by atoms with Gasteiger partial charge in [-0.25, -0.2) is 4.39 Å². The topological polar surface area (TPSA) is 17.1 Å². The van der Waals surface area contributed by atoms with Crippen molar-refractivity contribution >= 4 is 33.3 Å². The molecule has 0 aliphatic carbocycles. The van der Waals surface area contributed by atoms with E-state index in [4.69, 9.17) is 11.6 Å². The number of carbonyl (C=O) groups excluding carboxylic acids is 1. The third-order valence-corrected chi connectivity index (χ3v) is 4.16. The van der Waals surface area contributed by atoms with Crippen molar-refractivity contribution in [3.63, 3.8) is 0 Å². The van der Waals surface area contributed by atoms with Crippen molar-refractivity contribution in [2.75, 3.05) is 0 Å². The van der Waals surface area contributed by atoms with Gasteiger partial charge in [0.1, 0.15) is 0 Å². The van der Waals surface area contributed by atoms with Gasteiger partial charge in [-0.1, -0.05) is 42.8 Å². The lowest BCUT2D eigenvalue weighted by Crippen LogP contribution is -2.05. The summed E-state index contributed by atoms with van der Waals surface area (Å²) in [7, 11) is 0. The minimum Gasteiger partial charge on any atom is -0.288 e. The average Bonchev–Trinajstić information content (AvgIpc) is 2.44. The predicted molar refractivity (Wildman–Crippen MR) is 78.4 cm³/mol. The van der Waals surface area contributed by atoms with E-state index in [-0.39, 0.29) is 16.4 Å². The maximum Gasteiger partial charge on any atom is 0.196 e. The normalized spacial score (nSPS) is 10.5. The molecule has 98 valence electrons. The van der Waals surface area contributed by atoms with Crippen LogP contribution in [0.5, 0.6) is 0 Å². The van der Waals surface area contributed by atoms with Crippen LogP contribution in [0.2, 0.25) is 5.02 Å². The summed E-state index contributed by atoms with van der Waals surface area (Å²) in [5.74, 6) is -1.06. The first kappa shape index (κ1) is 14.2. The molecule has 2 rings (SSSR count). The molecular weight excluding hydrogens is 331 g/mol. The van der Waals surface area contributed by atoms with Crippen molar-refractivity contribution in [1.29, 1.82) is 0 Å². The molecule has 0 fully saturated rings. The van der Waals surface area contributed by atoms with Crippen molar-refractivity contribution in [2.45, 2.75) is 13.3 Å². The quantitative estimate of drug-likeness (QED) is 0.565. The van der Waals surface area contributed by atoms with Crippen molar-refractivity contribution in [3.05, 3.63) is 68.4 Å². The second kappa shape index (κ2) is 5.85.